The molecule has 0 radical (unpaired) electrons. The van der Waals surface area contributed by atoms with Crippen LogP contribution in [0.3, 0.4) is 0 Å². The van der Waals surface area contributed by atoms with Crippen molar-refractivity contribution in [3.63, 3.8) is 0 Å². The number of hydrogen-bond donors (Lipinski definition) is 0. The molecule has 5 rings (SSSR count). The van der Waals surface area contributed by atoms with Crippen molar-refractivity contribution >= 4 is 18.2 Å². The second kappa shape index (κ2) is 11.4. The first-order valence-corrected chi connectivity index (χ1v) is 14.0. The van der Waals surface area contributed by atoms with E-state index in [1.165, 1.54) is 11.1 Å². The minimum absolute atomic E-state index is 0.381. The van der Waals surface area contributed by atoms with E-state index in [-0.39, 0.29) is 11.2 Å². The van der Waals surface area contributed by atoms with Crippen LogP contribution in [0.25, 0.3) is 39.5 Å². The van der Waals surface area contributed by atoms with Crippen LogP contribution in [-0.4, -0.2) is 28.3 Å². The van der Waals surface area contributed by atoms with Crippen LogP contribution in [0.4, 0.5) is 0 Å². The highest BCUT2D eigenvalue weighted by atomic mass is 16.7. The van der Waals surface area contributed by atoms with E-state index >= 15 is 0 Å². The van der Waals surface area contributed by atoms with E-state index in [0.717, 1.165) is 40.0 Å². The van der Waals surface area contributed by atoms with Gasteiger partial charge in [-0.3, -0.25) is 0 Å². The Morgan fingerprint density at radius 2 is 1.30 bits per heavy atom. The molecule has 0 saturated carbocycles. The lowest BCUT2D eigenvalue weighted by atomic mass is 9.79. The summed E-state index contributed by atoms with van der Waals surface area (Å²) in [6.45, 7) is 12.5. The van der Waals surface area contributed by atoms with Gasteiger partial charge >= 0.3 is 7.12 Å². The molecule has 1 aliphatic heterocycles. The zero-order valence-electron chi connectivity index (χ0n) is 24.3. The van der Waals surface area contributed by atoms with Crippen LogP contribution in [0.2, 0.25) is 0 Å². The molecule has 1 saturated heterocycles. The SMILES string of the molecule is C/C=C\C(=C/CC)c1ccc(-c2cc(-c3ccccc3)nc(-c3ccc(B4OC(C)(C)C(C)(C)O4)cc3)n2)cc1. The molecule has 0 atom stereocenters. The van der Waals surface area contributed by atoms with Crippen LogP contribution in [0.15, 0.2) is 103 Å². The highest BCUT2D eigenvalue weighted by Gasteiger charge is 2.51. The smallest absolute Gasteiger partial charge is 0.399 e. The van der Waals surface area contributed by atoms with Crippen LogP contribution < -0.4 is 5.46 Å². The highest BCUT2D eigenvalue weighted by molar-refractivity contribution is 6.62. The predicted octanol–water partition coefficient (Wildman–Crippen LogP) is 8.15. The topological polar surface area (TPSA) is 44.2 Å². The quantitative estimate of drug-likeness (QED) is 0.179. The number of aromatic nitrogens is 2. The van der Waals surface area contributed by atoms with Crippen LogP contribution >= 0.6 is 0 Å². The fourth-order valence-electron chi connectivity index (χ4n) is 4.76. The third kappa shape index (κ3) is 5.72. The van der Waals surface area contributed by atoms with E-state index in [1.54, 1.807) is 0 Å². The van der Waals surface area contributed by atoms with Crippen molar-refractivity contribution in [2.24, 2.45) is 0 Å². The first-order valence-electron chi connectivity index (χ1n) is 14.0. The molecule has 4 aromatic rings. The van der Waals surface area contributed by atoms with Gasteiger partial charge in [-0.15, -0.1) is 0 Å². The Hall–Kier alpha value is -3.80. The van der Waals surface area contributed by atoms with Crippen molar-refractivity contribution in [2.45, 2.75) is 59.2 Å². The van der Waals surface area contributed by atoms with E-state index in [0.29, 0.717) is 5.82 Å². The molecule has 4 nitrogen and oxygen atoms in total. The lowest BCUT2D eigenvalue weighted by Gasteiger charge is -2.32. The van der Waals surface area contributed by atoms with Crippen molar-refractivity contribution in [2.75, 3.05) is 0 Å². The van der Waals surface area contributed by atoms with Crippen molar-refractivity contribution in [3.8, 4) is 33.9 Å². The number of hydrogen-bond acceptors (Lipinski definition) is 4. The Bertz CT molecular complexity index is 1510. The number of benzene rings is 3. The fourth-order valence-corrected chi connectivity index (χ4v) is 4.76. The fraction of sp³-hybridized carbons (Fsp3) is 0.257. The molecule has 3 aromatic carbocycles. The largest absolute Gasteiger partial charge is 0.494 e. The van der Waals surface area contributed by atoms with Gasteiger partial charge in [0, 0.05) is 16.7 Å². The van der Waals surface area contributed by atoms with E-state index in [2.05, 4.69) is 107 Å². The summed E-state index contributed by atoms with van der Waals surface area (Å²) in [5.74, 6) is 0.682. The normalized spacial score (nSPS) is 16.6. The van der Waals surface area contributed by atoms with Gasteiger partial charge in [-0.2, -0.15) is 0 Å². The summed E-state index contributed by atoms with van der Waals surface area (Å²) in [4.78, 5) is 9.99. The van der Waals surface area contributed by atoms with E-state index < -0.39 is 7.12 Å². The zero-order valence-corrected chi connectivity index (χ0v) is 24.3. The lowest BCUT2D eigenvalue weighted by molar-refractivity contribution is 0.00578. The van der Waals surface area contributed by atoms with Gasteiger partial charge in [0.1, 0.15) is 0 Å². The Morgan fingerprint density at radius 3 is 1.85 bits per heavy atom. The number of rotatable bonds is 7. The molecule has 0 N–H and O–H groups in total. The summed E-state index contributed by atoms with van der Waals surface area (Å²) >= 11 is 0. The lowest BCUT2D eigenvalue weighted by Crippen LogP contribution is -2.41. The zero-order chi connectivity index (χ0) is 28.3. The first kappa shape index (κ1) is 27.8. The summed E-state index contributed by atoms with van der Waals surface area (Å²) in [5, 5.41) is 0. The molecule has 1 fully saturated rings. The molecule has 0 aliphatic carbocycles. The summed E-state index contributed by atoms with van der Waals surface area (Å²) in [6, 6.07) is 29.1. The minimum Gasteiger partial charge on any atom is -0.399 e. The second-order valence-corrected chi connectivity index (χ2v) is 11.2. The monoisotopic (exact) mass is 528 g/mol. The third-order valence-corrected chi connectivity index (χ3v) is 7.77. The molecule has 1 aliphatic rings. The van der Waals surface area contributed by atoms with Gasteiger partial charge in [0.25, 0.3) is 0 Å². The van der Waals surface area contributed by atoms with Gasteiger partial charge in [-0.1, -0.05) is 104 Å². The minimum atomic E-state index is -0.404. The average Bonchev–Trinajstić information content (AvgIpc) is 3.19. The molecule has 5 heteroatoms. The predicted molar refractivity (Wildman–Crippen MR) is 167 cm³/mol. The standard InChI is InChI=1S/C35H37BN2O2/c1-7-12-25(13-8-2)26-16-18-28(19-17-26)32-24-31(27-14-10-9-11-15-27)37-33(38-32)29-20-22-30(23-21-29)36-39-34(3,4)35(5,6)40-36/h7,9-24H,8H2,1-6H3/b12-7-,25-13+. The van der Waals surface area contributed by atoms with E-state index in [1.807, 2.05) is 37.3 Å². The van der Waals surface area contributed by atoms with Crippen LogP contribution in [0.1, 0.15) is 53.5 Å². The van der Waals surface area contributed by atoms with Gasteiger partial charge in [-0.05, 0) is 63.7 Å². The molecule has 0 bridgehead atoms. The van der Waals surface area contributed by atoms with Gasteiger partial charge in [0.05, 0.1) is 22.6 Å². The van der Waals surface area contributed by atoms with Crippen LogP contribution in [0.5, 0.6) is 0 Å². The Labute approximate surface area is 239 Å². The molecule has 2 heterocycles. The highest BCUT2D eigenvalue weighted by Crippen LogP contribution is 2.36. The third-order valence-electron chi connectivity index (χ3n) is 7.77. The molecule has 0 unspecified atom stereocenters. The summed E-state index contributed by atoms with van der Waals surface area (Å²) in [7, 11) is -0.404. The summed E-state index contributed by atoms with van der Waals surface area (Å²) in [6.07, 6.45) is 7.47. The van der Waals surface area contributed by atoms with Crippen LogP contribution in [-0.2, 0) is 9.31 Å². The Morgan fingerprint density at radius 1 is 0.750 bits per heavy atom. The molecular weight excluding hydrogens is 491 g/mol. The Balaban J connectivity index is 1.51. The van der Waals surface area contributed by atoms with E-state index in [4.69, 9.17) is 19.3 Å². The van der Waals surface area contributed by atoms with Crippen LogP contribution in [0, 0.1) is 0 Å². The average molecular weight is 529 g/mol. The van der Waals surface area contributed by atoms with Gasteiger partial charge in [-0.25, -0.2) is 9.97 Å². The molecular formula is C35H37BN2O2. The maximum atomic E-state index is 6.24. The van der Waals surface area contributed by atoms with Crippen molar-refractivity contribution in [1.29, 1.82) is 0 Å². The van der Waals surface area contributed by atoms with Crippen molar-refractivity contribution in [3.05, 3.63) is 109 Å². The van der Waals surface area contributed by atoms with Gasteiger partial charge in [0.2, 0.25) is 0 Å². The number of nitrogens with zero attached hydrogens (tertiary/aromatic N) is 2. The maximum Gasteiger partial charge on any atom is 0.494 e. The second-order valence-electron chi connectivity index (χ2n) is 11.2. The molecule has 40 heavy (non-hydrogen) atoms. The molecule has 202 valence electrons. The first-order chi connectivity index (χ1) is 19.2. The summed E-state index contributed by atoms with van der Waals surface area (Å²) in [5.41, 5.74) is 7.46. The van der Waals surface area contributed by atoms with Crippen molar-refractivity contribution in [1.82, 2.24) is 9.97 Å². The number of allylic oxidation sites excluding steroid dienone is 4. The van der Waals surface area contributed by atoms with E-state index in [9.17, 15) is 0 Å². The molecule has 1 aromatic heterocycles. The van der Waals surface area contributed by atoms with Gasteiger partial charge < -0.3 is 9.31 Å². The Kier molecular flexibility index (Phi) is 7.89. The van der Waals surface area contributed by atoms with Gasteiger partial charge in [0.15, 0.2) is 5.82 Å². The summed E-state index contributed by atoms with van der Waals surface area (Å²) < 4.78 is 12.5. The molecule has 0 amide bonds. The molecule has 0 spiro atoms. The van der Waals surface area contributed by atoms with Crippen molar-refractivity contribution < 1.29 is 9.31 Å². The maximum absolute atomic E-state index is 6.24.